The van der Waals surface area contributed by atoms with Crippen LogP contribution in [0, 0.1) is 4.77 Å². The SMILES string of the molecule is C=CCn1c(C(C)CCC(=O)O)n[nH]c1=S. The van der Waals surface area contributed by atoms with Gasteiger partial charge in [-0.1, -0.05) is 13.0 Å². The van der Waals surface area contributed by atoms with Crippen LogP contribution in [-0.4, -0.2) is 25.8 Å². The summed E-state index contributed by atoms with van der Waals surface area (Å²) in [5.74, 6) is 0.0476. The molecule has 0 aliphatic carbocycles. The molecule has 0 spiro atoms. The molecule has 1 aromatic heterocycles. The predicted octanol–water partition coefficient (Wildman–Crippen LogP) is 2.09. The number of hydrogen-bond acceptors (Lipinski definition) is 3. The number of nitrogens with one attached hydrogen (secondary N) is 1. The number of nitrogens with zero attached hydrogens (tertiary/aromatic N) is 2. The highest BCUT2D eigenvalue weighted by molar-refractivity contribution is 7.71. The second-order valence-electron chi connectivity index (χ2n) is 3.62. The number of carbonyl (C=O) groups is 1. The first kappa shape index (κ1) is 12.6. The normalized spacial score (nSPS) is 12.3. The predicted molar refractivity (Wildman–Crippen MR) is 62.9 cm³/mol. The molecule has 1 atom stereocenters. The summed E-state index contributed by atoms with van der Waals surface area (Å²) in [4.78, 5) is 10.5. The van der Waals surface area contributed by atoms with Crippen LogP contribution in [0.25, 0.3) is 0 Å². The Kier molecular flexibility index (Phi) is 4.42. The molecule has 0 amide bonds. The van der Waals surface area contributed by atoms with E-state index >= 15 is 0 Å². The molecule has 0 aliphatic rings. The van der Waals surface area contributed by atoms with Gasteiger partial charge < -0.3 is 9.67 Å². The molecule has 1 unspecified atom stereocenters. The first-order valence-electron chi connectivity index (χ1n) is 5.04. The highest BCUT2D eigenvalue weighted by Crippen LogP contribution is 2.18. The molecule has 5 nitrogen and oxygen atoms in total. The maximum Gasteiger partial charge on any atom is 0.303 e. The third kappa shape index (κ3) is 3.03. The van der Waals surface area contributed by atoms with Crippen molar-refractivity contribution in [2.45, 2.75) is 32.2 Å². The number of aliphatic carboxylic acids is 1. The zero-order chi connectivity index (χ0) is 12.1. The first-order chi connectivity index (χ1) is 7.56. The van der Waals surface area contributed by atoms with E-state index in [-0.39, 0.29) is 12.3 Å². The number of H-pyrrole nitrogens is 1. The van der Waals surface area contributed by atoms with Gasteiger partial charge in [0, 0.05) is 18.9 Å². The van der Waals surface area contributed by atoms with Crippen molar-refractivity contribution in [3.05, 3.63) is 23.3 Å². The standard InChI is InChI=1S/C10H15N3O2S/c1-3-6-13-9(11-12-10(13)16)7(2)4-5-8(14)15/h3,7H,1,4-6H2,2H3,(H,12,16)(H,14,15). The van der Waals surface area contributed by atoms with Crippen LogP contribution in [0.1, 0.15) is 31.5 Å². The Labute approximate surface area is 98.8 Å². The monoisotopic (exact) mass is 241 g/mol. The minimum atomic E-state index is -0.795. The molecule has 2 N–H and O–H groups in total. The Hall–Kier alpha value is -1.43. The van der Waals surface area contributed by atoms with Crippen LogP contribution in [0.3, 0.4) is 0 Å². The lowest BCUT2D eigenvalue weighted by atomic mass is 10.1. The summed E-state index contributed by atoms with van der Waals surface area (Å²) in [5.41, 5.74) is 0. The lowest BCUT2D eigenvalue weighted by molar-refractivity contribution is -0.137. The number of rotatable bonds is 6. The van der Waals surface area contributed by atoms with Crippen molar-refractivity contribution in [3.8, 4) is 0 Å². The number of hydrogen-bond donors (Lipinski definition) is 2. The van der Waals surface area contributed by atoms with Crippen LogP contribution in [0.2, 0.25) is 0 Å². The van der Waals surface area contributed by atoms with E-state index in [0.29, 0.717) is 17.7 Å². The third-order valence-electron chi connectivity index (χ3n) is 2.33. The molecule has 1 heterocycles. The fraction of sp³-hybridized carbons (Fsp3) is 0.500. The fourth-order valence-corrected chi connectivity index (χ4v) is 1.69. The Bertz CT molecular complexity index is 436. The maximum atomic E-state index is 10.5. The molecule has 0 radical (unpaired) electrons. The van der Waals surface area contributed by atoms with Gasteiger partial charge in [-0.05, 0) is 18.6 Å². The second-order valence-corrected chi connectivity index (χ2v) is 4.01. The van der Waals surface area contributed by atoms with Gasteiger partial charge in [-0.3, -0.25) is 9.89 Å². The second kappa shape index (κ2) is 5.60. The smallest absolute Gasteiger partial charge is 0.303 e. The highest BCUT2D eigenvalue weighted by atomic mass is 32.1. The molecule has 0 bridgehead atoms. The lowest BCUT2D eigenvalue weighted by Gasteiger charge is -2.10. The summed E-state index contributed by atoms with van der Waals surface area (Å²) in [6, 6.07) is 0. The van der Waals surface area contributed by atoms with Crippen LogP contribution in [0.4, 0.5) is 0 Å². The average molecular weight is 241 g/mol. The quantitative estimate of drug-likeness (QED) is 0.591. The zero-order valence-corrected chi connectivity index (χ0v) is 9.96. The number of allylic oxidation sites excluding steroid dienone is 1. The summed E-state index contributed by atoms with van der Waals surface area (Å²) >= 11 is 5.07. The summed E-state index contributed by atoms with van der Waals surface area (Å²) in [6.45, 7) is 6.17. The highest BCUT2D eigenvalue weighted by Gasteiger charge is 2.14. The molecule has 88 valence electrons. The minimum Gasteiger partial charge on any atom is -0.481 e. The van der Waals surface area contributed by atoms with Gasteiger partial charge in [0.05, 0.1) is 0 Å². The third-order valence-corrected chi connectivity index (χ3v) is 2.64. The maximum absolute atomic E-state index is 10.5. The molecule has 0 saturated carbocycles. The number of aromatic amines is 1. The van der Waals surface area contributed by atoms with Gasteiger partial charge in [0.25, 0.3) is 0 Å². The van der Waals surface area contributed by atoms with Gasteiger partial charge >= 0.3 is 5.97 Å². The molecule has 0 aliphatic heterocycles. The molecule has 6 heteroatoms. The zero-order valence-electron chi connectivity index (χ0n) is 9.14. The van der Waals surface area contributed by atoms with Gasteiger partial charge in [-0.2, -0.15) is 5.10 Å². The van der Waals surface area contributed by atoms with Gasteiger partial charge in [0.15, 0.2) is 4.77 Å². The van der Waals surface area contributed by atoms with Gasteiger partial charge in [-0.15, -0.1) is 6.58 Å². The molecule has 1 rings (SSSR count). The first-order valence-corrected chi connectivity index (χ1v) is 5.45. The van der Waals surface area contributed by atoms with E-state index in [1.54, 1.807) is 6.08 Å². The number of carboxylic acid groups (broad SMARTS) is 1. The van der Waals surface area contributed by atoms with E-state index in [1.807, 2.05) is 11.5 Å². The van der Waals surface area contributed by atoms with Crippen molar-refractivity contribution >= 4 is 18.2 Å². The van der Waals surface area contributed by atoms with Gasteiger partial charge in [0.2, 0.25) is 0 Å². The molecular formula is C10H15N3O2S. The number of aromatic nitrogens is 3. The Balaban J connectivity index is 2.82. The van der Waals surface area contributed by atoms with E-state index in [9.17, 15) is 4.79 Å². The molecule has 0 saturated heterocycles. The van der Waals surface area contributed by atoms with E-state index in [0.717, 1.165) is 5.82 Å². The molecular weight excluding hydrogens is 226 g/mol. The molecule has 16 heavy (non-hydrogen) atoms. The summed E-state index contributed by atoms with van der Waals surface area (Å²) in [6.07, 6.45) is 2.42. The van der Waals surface area contributed by atoms with Crippen molar-refractivity contribution in [1.82, 2.24) is 14.8 Å². The van der Waals surface area contributed by atoms with Crippen LogP contribution in [-0.2, 0) is 11.3 Å². The van der Waals surface area contributed by atoms with Crippen LogP contribution in [0.5, 0.6) is 0 Å². The average Bonchev–Trinajstić information content (AvgIpc) is 2.58. The number of carboxylic acids is 1. The lowest BCUT2D eigenvalue weighted by Crippen LogP contribution is -2.08. The largest absolute Gasteiger partial charge is 0.481 e. The van der Waals surface area contributed by atoms with E-state index in [4.69, 9.17) is 17.3 Å². The van der Waals surface area contributed by atoms with E-state index in [1.165, 1.54) is 0 Å². The Morgan fingerprint density at radius 2 is 2.50 bits per heavy atom. The van der Waals surface area contributed by atoms with Gasteiger partial charge in [0.1, 0.15) is 5.82 Å². The summed E-state index contributed by atoms with van der Waals surface area (Å²) in [5, 5.41) is 15.4. The van der Waals surface area contributed by atoms with Crippen LogP contribution < -0.4 is 0 Å². The Morgan fingerprint density at radius 3 is 3.06 bits per heavy atom. The topological polar surface area (TPSA) is 70.9 Å². The summed E-state index contributed by atoms with van der Waals surface area (Å²) in [7, 11) is 0. The van der Waals surface area contributed by atoms with E-state index in [2.05, 4.69) is 16.8 Å². The van der Waals surface area contributed by atoms with Gasteiger partial charge in [-0.25, -0.2) is 0 Å². The van der Waals surface area contributed by atoms with Crippen LogP contribution in [0.15, 0.2) is 12.7 Å². The Morgan fingerprint density at radius 1 is 1.81 bits per heavy atom. The van der Waals surface area contributed by atoms with Crippen molar-refractivity contribution < 1.29 is 9.90 Å². The van der Waals surface area contributed by atoms with E-state index < -0.39 is 5.97 Å². The van der Waals surface area contributed by atoms with Crippen molar-refractivity contribution in [2.75, 3.05) is 0 Å². The van der Waals surface area contributed by atoms with Crippen molar-refractivity contribution in [2.24, 2.45) is 0 Å². The summed E-state index contributed by atoms with van der Waals surface area (Å²) < 4.78 is 2.37. The minimum absolute atomic E-state index is 0.0593. The van der Waals surface area contributed by atoms with Crippen molar-refractivity contribution in [3.63, 3.8) is 0 Å². The van der Waals surface area contributed by atoms with Crippen LogP contribution >= 0.6 is 12.2 Å². The fourth-order valence-electron chi connectivity index (χ4n) is 1.48. The molecule has 0 fully saturated rings. The molecule has 1 aromatic rings. The van der Waals surface area contributed by atoms with Crippen molar-refractivity contribution in [1.29, 1.82) is 0 Å². The molecule has 0 aromatic carbocycles.